The number of hydrazine groups is 1. The summed E-state index contributed by atoms with van der Waals surface area (Å²) in [6.07, 6.45) is 0. The molecule has 2 aliphatic heterocycles. The zero-order valence-corrected chi connectivity index (χ0v) is 6.18. The van der Waals surface area contributed by atoms with E-state index in [1.165, 1.54) is 0 Å². The highest BCUT2D eigenvalue weighted by Gasteiger charge is 2.22. The summed E-state index contributed by atoms with van der Waals surface area (Å²) < 4.78 is 0. The minimum Gasteiger partial charge on any atom is -0.316 e. The second-order valence-electron chi connectivity index (χ2n) is 1.79. The van der Waals surface area contributed by atoms with Crippen LogP contribution in [0.2, 0.25) is 0 Å². The predicted octanol–water partition coefficient (Wildman–Crippen LogP) is 0.184. The first-order valence-electron chi connectivity index (χ1n) is 2.53. The molecule has 2 rings (SSSR count). The van der Waals surface area contributed by atoms with Crippen LogP contribution >= 0.6 is 24.0 Å². The highest BCUT2D eigenvalue weighted by molar-refractivity contribution is 8.02. The van der Waals surface area contributed by atoms with E-state index in [0.29, 0.717) is 5.11 Å². The van der Waals surface area contributed by atoms with Crippen LogP contribution in [0.3, 0.4) is 0 Å². The molecule has 0 amide bonds. The number of nitrogens with zero attached hydrogens (tertiary/aromatic N) is 1. The van der Waals surface area contributed by atoms with E-state index in [2.05, 4.69) is 10.7 Å². The van der Waals surface area contributed by atoms with Gasteiger partial charge in [-0.15, -0.1) is 11.8 Å². The molecular formula is C4H5N3S2. The van der Waals surface area contributed by atoms with Crippen LogP contribution in [0.25, 0.3) is 0 Å². The number of thioether (sulfide) groups is 1. The maximum absolute atomic E-state index is 4.86. The summed E-state index contributed by atoms with van der Waals surface area (Å²) in [4.78, 5) is 0. The lowest BCUT2D eigenvalue weighted by Crippen LogP contribution is -2.29. The van der Waals surface area contributed by atoms with Gasteiger partial charge in [-0.2, -0.15) is 0 Å². The van der Waals surface area contributed by atoms with E-state index in [4.69, 9.17) is 12.2 Å². The highest BCUT2D eigenvalue weighted by Crippen LogP contribution is 2.21. The van der Waals surface area contributed by atoms with Gasteiger partial charge in [0.2, 0.25) is 0 Å². The van der Waals surface area contributed by atoms with Crippen LogP contribution in [0, 0.1) is 0 Å². The fourth-order valence-electron chi connectivity index (χ4n) is 0.780. The molecule has 0 aromatic rings. The Labute approximate surface area is 62.4 Å². The van der Waals surface area contributed by atoms with Gasteiger partial charge in [0.05, 0.1) is 5.88 Å². The fourth-order valence-corrected chi connectivity index (χ4v) is 1.77. The molecule has 9 heavy (non-hydrogen) atoms. The standard InChI is InChI=1S/C4H5N3S2/c8-4-5-3-1-9-2-7(3)6-4/h1H,2H2,(H2,5,6,8). The van der Waals surface area contributed by atoms with Crippen molar-refractivity contribution in [3.8, 4) is 0 Å². The van der Waals surface area contributed by atoms with E-state index in [-0.39, 0.29) is 0 Å². The summed E-state index contributed by atoms with van der Waals surface area (Å²) >= 11 is 6.61. The van der Waals surface area contributed by atoms with Gasteiger partial charge in [0, 0.05) is 5.41 Å². The van der Waals surface area contributed by atoms with Crippen LogP contribution in [0.4, 0.5) is 0 Å². The van der Waals surface area contributed by atoms with Crippen molar-refractivity contribution in [1.82, 2.24) is 15.8 Å². The average molecular weight is 159 g/mol. The van der Waals surface area contributed by atoms with Crippen LogP contribution in [-0.4, -0.2) is 16.0 Å². The molecule has 2 N–H and O–H groups in total. The van der Waals surface area contributed by atoms with Crippen LogP contribution < -0.4 is 10.7 Å². The maximum atomic E-state index is 4.86. The van der Waals surface area contributed by atoms with Crippen LogP contribution in [0.15, 0.2) is 11.2 Å². The monoisotopic (exact) mass is 159 g/mol. The molecule has 0 atom stereocenters. The van der Waals surface area contributed by atoms with E-state index in [9.17, 15) is 0 Å². The van der Waals surface area contributed by atoms with Gasteiger partial charge in [0.1, 0.15) is 5.82 Å². The molecule has 5 heteroatoms. The van der Waals surface area contributed by atoms with E-state index < -0.39 is 0 Å². The number of nitrogens with one attached hydrogen (secondary N) is 2. The lowest BCUT2D eigenvalue weighted by atomic mass is 10.8. The number of hydrogen-bond acceptors (Lipinski definition) is 3. The maximum Gasteiger partial charge on any atom is 0.191 e. The molecule has 3 nitrogen and oxygen atoms in total. The molecule has 0 spiro atoms. The number of hydrogen-bond donors (Lipinski definition) is 2. The number of thiocarbonyl (C=S) groups is 1. The first kappa shape index (κ1) is 5.37. The summed E-state index contributed by atoms with van der Waals surface area (Å²) in [6.45, 7) is 0. The Hall–Kier alpha value is -0.420. The Morgan fingerprint density at radius 1 is 1.78 bits per heavy atom. The van der Waals surface area contributed by atoms with Gasteiger partial charge in [0.15, 0.2) is 5.11 Å². The Morgan fingerprint density at radius 3 is 3.44 bits per heavy atom. The third-order valence-corrected chi connectivity index (χ3v) is 2.16. The van der Waals surface area contributed by atoms with Gasteiger partial charge >= 0.3 is 0 Å². The second kappa shape index (κ2) is 1.78. The summed E-state index contributed by atoms with van der Waals surface area (Å²) in [6, 6.07) is 0. The SMILES string of the molecule is S=C1NC2=CSCN2N1. The molecular weight excluding hydrogens is 154 g/mol. The third kappa shape index (κ3) is 0.764. The fraction of sp³-hybridized carbons (Fsp3) is 0.250. The Balaban J connectivity index is 2.24. The van der Waals surface area contributed by atoms with Crippen molar-refractivity contribution in [3.05, 3.63) is 11.2 Å². The van der Waals surface area contributed by atoms with Crippen molar-refractivity contribution in [3.63, 3.8) is 0 Å². The molecule has 0 saturated carbocycles. The summed E-state index contributed by atoms with van der Waals surface area (Å²) in [7, 11) is 0. The van der Waals surface area contributed by atoms with Crippen molar-refractivity contribution in [2.45, 2.75) is 0 Å². The molecule has 0 aliphatic carbocycles. The molecule has 2 aliphatic rings. The molecule has 0 aromatic heterocycles. The van der Waals surface area contributed by atoms with Gasteiger partial charge in [-0.3, -0.25) is 10.4 Å². The number of fused-ring (bicyclic) bond motifs is 1. The van der Waals surface area contributed by atoms with E-state index in [1.54, 1.807) is 11.8 Å². The Bertz CT molecular complexity index is 188. The predicted molar refractivity (Wildman–Crippen MR) is 41.2 cm³/mol. The molecule has 1 saturated heterocycles. The lowest BCUT2D eigenvalue weighted by molar-refractivity contribution is 0.390. The molecule has 48 valence electrons. The summed E-state index contributed by atoms with van der Waals surface area (Å²) in [5, 5.41) is 7.73. The number of rotatable bonds is 0. The minimum atomic E-state index is 0.696. The summed E-state index contributed by atoms with van der Waals surface area (Å²) in [5.74, 6) is 2.02. The molecule has 0 aromatic carbocycles. The Morgan fingerprint density at radius 2 is 2.67 bits per heavy atom. The van der Waals surface area contributed by atoms with Crippen LogP contribution in [-0.2, 0) is 0 Å². The van der Waals surface area contributed by atoms with E-state index in [0.717, 1.165) is 11.7 Å². The molecule has 0 radical (unpaired) electrons. The van der Waals surface area contributed by atoms with Crippen molar-refractivity contribution in [2.75, 3.05) is 5.88 Å². The van der Waals surface area contributed by atoms with Crippen molar-refractivity contribution >= 4 is 29.1 Å². The van der Waals surface area contributed by atoms with Crippen LogP contribution in [0.1, 0.15) is 0 Å². The van der Waals surface area contributed by atoms with E-state index >= 15 is 0 Å². The largest absolute Gasteiger partial charge is 0.316 e. The molecule has 1 fully saturated rings. The smallest absolute Gasteiger partial charge is 0.191 e. The van der Waals surface area contributed by atoms with Gasteiger partial charge in [0.25, 0.3) is 0 Å². The zero-order valence-electron chi connectivity index (χ0n) is 4.55. The quantitative estimate of drug-likeness (QED) is 0.492. The molecule has 2 heterocycles. The molecule has 0 bridgehead atoms. The van der Waals surface area contributed by atoms with Gasteiger partial charge < -0.3 is 5.32 Å². The third-order valence-electron chi connectivity index (χ3n) is 1.17. The average Bonchev–Trinajstić information content (AvgIpc) is 2.22. The Kier molecular flexibility index (Phi) is 1.06. The lowest BCUT2D eigenvalue weighted by Gasteiger charge is -2.08. The summed E-state index contributed by atoms with van der Waals surface area (Å²) in [5.41, 5.74) is 2.98. The normalized spacial score (nSPS) is 22.9. The van der Waals surface area contributed by atoms with Crippen molar-refractivity contribution < 1.29 is 0 Å². The first-order valence-corrected chi connectivity index (χ1v) is 3.99. The van der Waals surface area contributed by atoms with Gasteiger partial charge in [-0.1, -0.05) is 0 Å². The highest BCUT2D eigenvalue weighted by atomic mass is 32.2. The van der Waals surface area contributed by atoms with Gasteiger partial charge in [-0.05, 0) is 12.2 Å². The van der Waals surface area contributed by atoms with Crippen molar-refractivity contribution in [2.24, 2.45) is 0 Å². The van der Waals surface area contributed by atoms with Crippen LogP contribution in [0.5, 0.6) is 0 Å². The zero-order chi connectivity index (χ0) is 6.27. The van der Waals surface area contributed by atoms with Crippen molar-refractivity contribution in [1.29, 1.82) is 0 Å². The minimum absolute atomic E-state index is 0.696. The topological polar surface area (TPSA) is 27.3 Å². The second-order valence-corrected chi connectivity index (χ2v) is 3.03. The van der Waals surface area contributed by atoms with Gasteiger partial charge in [-0.25, -0.2) is 0 Å². The first-order chi connectivity index (χ1) is 4.36. The molecule has 0 unspecified atom stereocenters. The van der Waals surface area contributed by atoms with E-state index in [1.807, 2.05) is 10.4 Å².